The van der Waals surface area contributed by atoms with Crippen molar-refractivity contribution in [3.8, 4) is 6.07 Å². The minimum absolute atomic E-state index is 0.107. The van der Waals surface area contributed by atoms with E-state index in [0.717, 1.165) is 43.6 Å². The number of hydrogen-bond donors (Lipinski definition) is 0. The zero-order valence-electron chi connectivity index (χ0n) is 15.5. The Morgan fingerprint density at radius 1 is 1.23 bits per heavy atom. The van der Waals surface area contributed by atoms with Crippen molar-refractivity contribution in [1.82, 2.24) is 9.88 Å². The van der Waals surface area contributed by atoms with Gasteiger partial charge in [-0.3, -0.25) is 9.78 Å². The van der Waals surface area contributed by atoms with Crippen LogP contribution < -0.4 is 0 Å². The van der Waals surface area contributed by atoms with Crippen molar-refractivity contribution in [2.45, 2.75) is 39.0 Å². The Morgan fingerprint density at radius 2 is 1.92 bits per heavy atom. The second-order valence-corrected chi connectivity index (χ2v) is 7.43. The van der Waals surface area contributed by atoms with Crippen LogP contribution in [0.5, 0.6) is 0 Å². The third kappa shape index (κ3) is 4.29. The monoisotopic (exact) mass is 347 g/mol. The van der Waals surface area contributed by atoms with Crippen LogP contribution in [0, 0.1) is 17.2 Å². The van der Waals surface area contributed by atoms with Crippen molar-refractivity contribution in [2.24, 2.45) is 5.92 Å². The smallest absolute Gasteiger partial charge is 0.253 e. The molecule has 134 valence electrons. The van der Waals surface area contributed by atoms with E-state index in [4.69, 9.17) is 5.26 Å². The first kappa shape index (κ1) is 18.1. The molecule has 2 heterocycles. The van der Waals surface area contributed by atoms with Gasteiger partial charge in [0, 0.05) is 30.5 Å². The summed E-state index contributed by atoms with van der Waals surface area (Å²) in [6.45, 7) is 5.85. The largest absolute Gasteiger partial charge is 0.339 e. The highest BCUT2D eigenvalue weighted by Gasteiger charge is 2.24. The molecule has 1 saturated heterocycles. The molecular weight excluding hydrogens is 322 g/mol. The van der Waals surface area contributed by atoms with E-state index in [0.29, 0.717) is 17.4 Å². The summed E-state index contributed by atoms with van der Waals surface area (Å²) in [5.41, 5.74) is 3.68. The Bertz CT molecular complexity index is 797. The van der Waals surface area contributed by atoms with E-state index in [1.165, 1.54) is 5.56 Å². The average molecular weight is 347 g/mol. The minimum Gasteiger partial charge on any atom is -0.339 e. The lowest BCUT2D eigenvalue weighted by Crippen LogP contribution is -2.38. The maximum Gasteiger partial charge on any atom is 0.253 e. The van der Waals surface area contributed by atoms with Crippen molar-refractivity contribution in [1.29, 1.82) is 5.26 Å². The number of aromatic nitrogens is 1. The van der Waals surface area contributed by atoms with E-state index in [1.54, 1.807) is 6.20 Å². The summed E-state index contributed by atoms with van der Waals surface area (Å²) in [6.07, 6.45) is 4.56. The van der Waals surface area contributed by atoms with Gasteiger partial charge in [0.25, 0.3) is 5.91 Å². The lowest BCUT2D eigenvalue weighted by molar-refractivity contribution is 0.0712. The maximum atomic E-state index is 12.8. The molecule has 26 heavy (non-hydrogen) atoms. The maximum absolute atomic E-state index is 12.8. The zero-order chi connectivity index (χ0) is 18.5. The first-order valence-corrected chi connectivity index (χ1v) is 9.31. The van der Waals surface area contributed by atoms with Gasteiger partial charge in [0.2, 0.25) is 0 Å². The second-order valence-electron chi connectivity index (χ2n) is 7.43. The summed E-state index contributed by atoms with van der Waals surface area (Å²) in [5.74, 6) is 1.09. The van der Waals surface area contributed by atoms with Crippen molar-refractivity contribution in [3.05, 3.63) is 65.0 Å². The van der Waals surface area contributed by atoms with Gasteiger partial charge >= 0.3 is 0 Å². The van der Waals surface area contributed by atoms with Gasteiger partial charge in [-0.2, -0.15) is 5.26 Å². The predicted octanol–water partition coefficient (Wildman–Crippen LogP) is 4.17. The van der Waals surface area contributed by atoms with E-state index in [2.05, 4.69) is 24.9 Å². The number of rotatable bonds is 4. The van der Waals surface area contributed by atoms with Gasteiger partial charge in [0.15, 0.2) is 0 Å². The Hall–Kier alpha value is -2.67. The number of pyridine rings is 1. The van der Waals surface area contributed by atoms with Crippen LogP contribution in [0.2, 0.25) is 0 Å². The van der Waals surface area contributed by atoms with Crippen LogP contribution in [0.3, 0.4) is 0 Å². The van der Waals surface area contributed by atoms with E-state index < -0.39 is 0 Å². The molecule has 2 aromatic rings. The third-order valence-corrected chi connectivity index (χ3v) is 4.97. The molecule has 1 aliphatic heterocycles. The molecule has 0 unspecified atom stereocenters. The van der Waals surface area contributed by atoms with E-state index in [1.807, 2.05) is 41.3 Å². The molecule has 0 aliphatic carbocycles. The number of benzene rings is 1. The summed E-state index contributed by atoms with van der Waals surface area (Å²) in [5, 5.41) is 8.91. The normalized spacial score (nSPS) is 15.1. The van der Waals surface area contributed by atoms with Crippen LogP contribution in [-0.2, 0) is 6.42 Å². The first-order valence-electron chi connectivity index (χ1n) is 9.31. The lowest BCUT2D eigenvalue weighted by atomic mass is 9.89. The molecule has 0 spiro atoms. The number of nitriles is 1. The lowest BCUT2D eigenvalue weighted by Gasteiger charge is -2.32. The molecule has 1 fully saturated rings. The fourth-order valence-electron chi connectivity index (χ4n) is 3.57. The molecule has 0 bridgehead atoms. The van der Waals surface area contributed by atoms with Gasteiger partial charge in [0.1, 0.15) is 0 Å². The number of piperidine rings is 1. The molecule has 0 saturated carbocycles. The van der Waals surface area contributed by atoms with Gasteiger partial charge in [0.05, 0.1) is 11.6 Å². The van der Waals surface area contributed by atoms with Crippen LogP contribution in [-0.4, -0.2) is 28.9 Å². The van der Waals surface area contributed by atoms with Crippen LogP contribution in [0.25, 0.3) is 0 Å². The van der Waals surface area contributed by atoms with E-state index in [9.17, 15) is 4.79 Å². The molecule has 0 N–H and O–H groups in total. The Labute approximate surface area is 155 Å². The van der Waals surface area contributed by atoms with Crippen molar-refractivity contribution < 1.29 is 4.79 Å². The van der Waals surface area contributed by atoms with Crippen molar-refractivity contribution in [2.75, 3.05) is 13.1 Å². The summed E-state index contributed by atoms with van der Waals surface area (Å²) >= 11 is 0. The molecule has 1 aliphatic rings. The molecule has 0 atom stereocenters. The van der Waals surface area contributed by atoms with Gasteiger partial charge in [-0.25, -0.2) is 0 Å². The van der Waals surface area contributed by atoms with Crippen LogP contribution in [0.4, 0.5) is 0 Å². The molecule has 1 aromatic heterocycles. The van der Waals surface area contributed by atoms with Crippen molar-refractivity contribution >= 4 is 5.91 Å². The zero-order valence-corrected chi connectivity index (χ0v) is 15.5. The number of likely N-dealkylation sites (tertiary alicyclic amines) is 1. The molecule has 0 radical (unpaired) electrons. The average Bonchev–Trinajstić information content (AvgIpc) is 2.67. The van der Waals surface area contributed by atoms with Crippen LogP contribution in [0.15, 0.2) is 42.6 Å². The molecule has 1 amide bonds. The molecule has 3 rings (SSSR count). The molecule has 4 nitrogen and oxygen atoms in total. The van der Waals surface area contributed by atoms with E-state index in [-0.39, 0.29) is 5.91 Å². The number of nitrogens with zero attached hydrogens (tertiary/aromatic N) is 3. The van der Waals surface area contributed by atoms with Crippen LogP contribution >= 0.6 is 0 Å². The van der Waals surface area contributed by atoms with Gasteiger partial charge < -0.3 is 4.90 Å². The minimum atomic E-state index is 0.107. The number of carbonyl (C=O) groups excluding carboxylic acids is 1. The highest BCUT2D eigenvalue weighted by Crippen LogP contribution is 2.28. The Morgan fingerprint density at radius 3 is 2.54 bits per heavy atom. The van der Waals surface area contributed by atoms with Gasteiger partial charge in [-0.05, 0) is 60.9 Å². The number of amides is 1. The predicted molar refractivity (Wildman–Crippen MR) is 102 cm³/mol. The quantitative estimate of drug-likeness (QED) is 0.834. The summed E-state index contributed by atoms with van der Waals surface area (Å²) < 4.78 is 0. The Balaban J connectivity index is 1.62. The van der Waals surface area contributed by atoms with Gasteiger partial charge in [-0.15, -0.1) is 0 Å². The number of carbonyl (C=O) groups is 1. The summed E-state index contributed by atoms with van der Waals surface area (Å²) in [6, 6.07) is 13.8. The number of hydrogen-bond acceptors (Lipinski definition) is 3. The molecular formula is C22H25N3O. The Kier molecular flexibility index (Phi) is 5.68. The van der Waals surface area contributed by atoms with Crippen LogP contribution in [0.1, 0.15) is 59.8 Å². The highest BCUT2D eigenvalue weighted by molar-refractivity contribution is 5.94. The summed E-state index contributed by atoms with van der Waals surface area (Å²) in [7, 11) is 0. The molecule has 1 aromatic carbocycles. The SMILES string of the molecule is CC(C)Cc1cc(C(=O)N2CCC(c3ccc(C#N)cc3)CC2)ccn1. The second kappa shape index (κ2) is 8.14. The van der Waals surface area contributed by atoms with Gasteiger partial charge in [-0.1, -0.05) is 26.0 Å². The standard InChI is InChI=1S/C22H25N3O/c1-16(2)13-21-14-20(7-10-24-21)22(26)25-11-8-19(9-12-25)18-5-3-17(15-23)4-6-18/h3-7,10,14,16,19H,8-9,11-13H2,1-2H3. The third-order valence-electron chi connectivity index (χ3n) is 4.97. The topological polar surface area (TPSA) is 57.0 Å². The fraction of sp³-hybridized carbons (Fsp3) is 0.409. The van der Waals surface area contributed by atoms with Crippen molar-refractivity contribution in [3.63, 3.8) is 0 Å². The summed E-state index contributed by atoms with van der Waals surface area (Å²) in [4.78, 5) is 19.2. The highest BCUT2D eigenvalue weighted by atomic mass is 16.2. The van der Waals surface area contributed by atoms with E-state index >= 15 is 0 Å². The molecule has 4 heteroatoms. The fourth-order valence-corrected chi connectivity index (χ4v) is 3.57. The first-order chi connectivity index (χ1) is 12.6.